The van der Waals surface area contributed by atoms with Crippen LogP contribution in [0, 0.1) is 0 Å². The van der Waals surface area contributed by atoms with Crippen LogP contribution in [0.25, 0.3) is 5.82 Å². The highest BCUT2D eigenvalue weighted by Gasteiger charge is 2.23. The second-order valence-corrected chi connectivity index (χ2v) is 3.88. The Bertz CT molecular complexity index is 585. The van der Waals surface area contributed by atoms with Gasteiger partial charge in [0.25, 0.3) is 6.43 Å². The van der Waals surface area contributed by atoms with Crippen LogP contribution in [0.5, 0.6) is 0 Å². The number of halogens is 4. The van der Waals surface area contributed by atoms with E-state index in [2.05, 4.69) is 15.3 Å². The fourth-order valence-corrected chi connectivity index (χ4v) is 1.64. The first-order valence-corrected chi connectivity index (χ1v) is 5.31. The lowest BCUT2D eigenvalue weighted by Gasteiger charge is -2.00. The summed E-state index contributed by atoms with van der Waals surface area (Å²) < 4.78 is 26.2. The molecule has 2 heterocycles. The summed E-state index contributed by atoms with van der Waals surface area (Å²) in [7, 11) is 0. The van der Waals surface area contributed by atoms with E-state index < -0.39 is 12.1 Å². The van der Waals surface area contributed by atoms with Crippen LogP contribution in [0.4, 0.5) is 8.78 Å². The van der Waals surface area contributed by atoms with Gasteiger partial charge in [-0.1, -0.05) is 23.2 Å². The number of nitrogens with zero attached hydrogens (tertiary/aromatic N) is 4. The van der Waals surface area contributed by atoms with Crippen molar-refractivity contribution in [3.8, 4) is 5.82 Å². The van der Waals surface area contributed by atoms with Gasteiger partial charge < -0.3 is 0 Å². The van der Waals surface area contributed by atoms with Crippen LogP contribution in [-0.2, 0) is 0 Å². The monoisotopic (exact) mass is 292 g/mol. The van der Waals surface area contributed by atoms with Crippen molar-refractivity contribution in [3.05, 3.63) is 33.7 Å². The van der Waals surface area contributed by atoms with E-state index in [-0.39, 0.29) is 28.0 Å². The summed E-state index contributed by atoms with van der Waals surface area (Å²) in [6, 6.07) is 2.78. The minimum Gasteiger partial charge on any atom is -0.298 e. The molecule has 0 aliphatic carbocycles. The van der Waals surface area contributed by atoms with E-state index in [1.807, 2.05) is 0 Å². The molecule has 94 valence electrons. The molecule has 0 saturated carbocycles. The van der Waals surface area contributed by atoms with Crippen molar-refractivity contribution in [1.29, 1.82) is 0 Å². The van der Waals surface area contributed by atoms with Crippen molar-refractivity contribution in [1.82, 2.24) is 20.0 Å². The molecule has 0 amide bonds. The van der Waals surface area contributed by atoms with Crippen LogP contribution in [0.1, 0.15) is 22.5 Å². The summed E-state index contributed by atoms with van der Waals surface area (Å²) in [6.45, 7) is 0. The molecule has 0 aromatic carbocycles. The quantitative estimate of drug-likeness (QED) is 0.816. The van der Waals surface area contributed by atoms with Gasteiger partial charge in [0.1, 0.15) is 10.8 Å². The number of aldehydes is 1. The summed E-state index contributed by atoms with van der Waals surface area (Å²) in [4.78, 5) is 10.7. The molecule has 0 atom stereocenters. The number of hydrogen-bond acceptors (Lipinski definition) is 4. The standard InChI is InChI=1S/C9H4Cl2F2N4O/c10-5-1-2-6(15-14-5)17-8(11)4(3-18)7(16-17)9(12)13/h1-3,9H. The molecule has 0 aliphatic rings. The van der Waals surface area contributed by atoms with E-state index in [1.54, 1.807) is 0 Å². The van der Waals surface area contributed by atoms with Gasteiger partial charge in [0, 0.05) is 0 Å². The van der Waals surface area contributed by atoms with Gasteiger partial charge in [0.2, 0.25) is 0 Å². The molecule has 0 fully saturated rings. The molecule has 5 nitrogen and oxygen atoms in total. The fourth-order valence-electron chi connectivity index (χ4n) is 1.27. The van der Waals surface area contributed by atoms with Gasteiger partial charge in [-0.25, -0.2) is 13.5 Å². The fraction of sp³-hybridized carbons (Fsp3) is 0.111. The van der Waals surface area contributed by atoms with Crippen molar-refractivity contribution in [2.75, 3.05) is 0 Å². The predicted octanol–water partition coefficient (Wildman–Crippen LogP) is 2.72. The number of carbonyl (C=O) groups excluding carboxylic acids is 1. The van der Waals surface area contributed by atoms with Crippen molar-refractivity contribution in [3.63, 3.8) is 0 Å². The van der Waals surface area contributed by atoms with Gasteiger partial charge in [-0.15, -0.1) is 10.2 Å². The first-order valence-electron chi connectivity index (χ1n) is 4.56. The first kappa shape index (κ1) is 12.8. The lowest BCUT2D eigenvalue weighted by atomic mass is 10.3. The molecule has 0 N–H and O–H groups in total. The minimum atomic E-state index is -2.91. The molecule has 9 heteroatoms. The zero-order valence-corrected chi connectivity index (χ0v) is 10.0. The third-order valence-corrected chi connectivity index (χ3v) is 2.62. The zero-order chi connectivity index (χ0) is 13.3. The topological polar surface area (TPSA) is 60.7 Å². The lowest BCUT2D eigenvalue weighted by molar-refractivity contribution is 0.110. The van der Waals surface area contributed by atoms with Crippen LogP contribution >= 0.6 is 23.2 Å². The lowest BCUT2D eigenvalue weighted by Crippen LogP contribution is -2.01. The molecule has 0 radical (unpaired) electrons. The Labute approximate surface area is 109 Å². The maximum absolute atomic E-state index is 12.6. The molecule has 0 unspecified atom stereocenters. The summed E-state index contributed by atoms with van der Waals surface area (Å²) in [5, 5.41) is 10.6. The van der Waals surface area contributed by atoms with E-state index in [4.69, 9.17) is 23.2 Å². The Morgan fingerprint density at radius 2 is 2.00 bits per heavy atom. The SMILES string of the molecule is O=Cc1c(C(F)F)nn(-c2ccc(Cl)nn2)c1Cl. The molecule has 2 rings (SSSR count). The Morgan fingerprint density at radius 1 is 1.28 bits per heavy atom. The molecular weight excluding hydrogens is 289 g/mol. The highest BCUT2D eigenvalue weighted by Crippen LogP contribution is 2.28. The second kappa shape index (κ2) is 4.95. The largest absolute Gasteiger partial charge is 0.298 e. The number of carbonyl (C=O) groups is 1. The first-order chi connectivity index (χ1) is 8.54. The molecule has 0 spiro atoms. The summed E-state index contributed by atoms with van der Waals surface area (Å²) in [5.41, 5.74) is -1.07. The Balaban J connectivity index is 2.58. The maximum Gasteiger partial charge on any atom is 0.282 e. The van der Waals surface area contributed by atoms with Crippen molar-refractivity contribution in [2.45, 2.75) is 6.43 Å². The van der Waals surface area contributed by atoms with E-state index in [9.17, 15) is 13.6 Å². The van der Waals surface area contributed by atoms with Crippen molar-refractivity contribution < 1.29 is 13.6 Å². The minimum absolute atomic E-state index is 0.0828. The second-order valence-electron chi connectivity index (χ2n) is 3.13. The number of hydrogen-bond donors (Lipinski definition) is 0. The molecule has 18 heavy (non-hydrogen) atoms. The predicted molar refractivity (Wildman–Crippen MR) is 59.5 cm³/mol. The van der Waals surface area contributed by atoms with Crippen LogP contribution in [0.2, 0.25) is 10.3 Å². The van der Waals surface area contributed by atoms with E-state index >= 15 is 0 Å². The molecule has 2 aromatic rings. The molecule has 0 saturated heterocycles. The number of aromatic nitrogens is 4. The molecule has 2 aromatic heterocycles. The van der Waals surface area contributed by atoms with Crippen LogP contribution in [-0.4, -0.2) is 26.3 Å². The number of rotatable bonds is 3. The maximum atomic E-state index is 12.6. The van der Waals surface area contributed by atoms with Crippen molar-refractivity contribution in [2.24, 2.45) is 0 Å². The summed E-state index contributed by atoms with van der Waals surface area (Å²) in [6.07, 6.45) is -2.69. The average Bonchev–Trinajstić information content (AvgIpc) is 2.67. The van der Waals surface area contributed by atoms with Gasteiger partial charge in [-0.05, 0) is 12.1 Å². The normalized spacial score (nSPS) is 10.9. The van der Waals surface area contributed by atoms with Crippen LogP contribution in [0.3, 0.4) is 0 Å². The Hall–Kier alpha value is -1.60. The van der Waals surface area contributed by atoms with E-state index in [1.165, 1.54) is 12.1 Å². The van der Waals surface area contributed by atoms with Gasteiger partial charge >= 0.3 is 0 Å². The highest BCUT2D eigenvalue weighted by molar-refractivity contribution is 6.32. The Morgan fingerprint density at radius 3 is 2.44 bits per heavy atom. The average molecular weight is 293 g/mol. The number of alkyl halides is 2. The summed E-state index contributed by atoms with van der Waals surface area (Å²) in [5.74, 6) is 0.0828. The summed E-state index contributed by atoms with van der Waals surface area (Å²) >= 11 is 11.3. The Kier molecular flexibility index (Phi) is 3.53. The third-order valence-electron chi connectivity index (χ3n) is 2.05. The van der Waals surface area contributed by atoms with E-state index in [0.717, 1.165) is 4.68 Å². The third kappa shape index (κ3) is 2.19. The molecule has 0 aliphatic heterocycles. The van der Waals surface area contributed by atoms with Gasteiger partial charge in [-0.2, -0.15) is 5.10 Å². The molecule has 0 bridgehead atoms. The van der Waals surface area contributed by atoms with Gasteiger partial charge in [0.05, 0.1) is 5.56 Å². The van der Waals surface area contributed by atoms with Crippen LogP contribution in [0.15, 0.2) is 12.1 Å². The van der Waals surface area contributed by atoms with Gasteiger partial charge in [0.15, 0.2) is 17.3 Å². The zero-order valence-electron chi connectivity index (χ0n) is 8.52. The van der Waals surface area contributed by atoms with Gasteiger partial charge in [-0.3, -0.25) is 4.79 Å². The smallest absolute Gasteiger partial charge is 0.282 e. The van der Waals surface area contributed by atoms with Crippen molar-refractivity contribution >= 4 is 29.5 Å². The molecular formula is C9H4Cl2F2N4O. The van der Waals surface area contributed by atoms with E-state index in [0.29, 0.717) is 0 Å². The van der Waals surface area contributed by atoms with Crippen LogP contribution < -0.4 is 0 Å². The highest BCUT2D eigenvalue weighted by atomic mass is 35.5.